The van der Waals surface area contributed by atoms with Crippen molar-refractivity contribution in [2.45, 2.75) is 32.7 Å². The number of carbonyl (C=O) groups excluding carboxylic acids is 1. The van der Waals surface area contributed by atoms with Gasteiger partial charge in [0.2, 0.25) is 0 Å². The average Bonchev–Trinajstić information content (AvgIpc) is 2.77. The molecule has 3 rings (SSSR count). The van der Waals surface area contributed by atoms with Crippen molar-refractivity contribution in [2.24, 2.45) is 4.99 Å². The largest absolute Gasteiger partial charge is 0.465 e. The van der Waals surface area contributed by atoms with Crippen LogP contribution < -0.4 is 10.2 Å². The van der Waals surface area contributed by atoms with E-state index in [1.807, 2.05) is 18.2 Å². The maximum Gasteiger partial charge on any atom is 0.339 e. The van der Waals surface area contributed by atoms with Gasteiger partial charge >= 0.3 is 5.97 Å². The van der Waals surface area contributed by atoms with Gasteiger partial charge in [-0.3, -0.25) is 9.89 Å². The normalized spacial score (nSPS) is 15.6. The molecule has 6 heteroatoms. The van der Waals surface area contributed by atoms with Gasteiger partial charge in [-0.15, -0.1) is 0 Å². The number of nitrogens with zero attached hydrogens (tertiary/aromatic N) is 3. The first-order chi connectivity index (χ1) is 14.9. The molecule has 0 unspecified atom stereocenters. The fourth-order valence-corrected chi connectivity index (χ4v) is 3.72. The minimum Gasteiger partial charge on any atom is -0.465 e. The molecule has 1 aliphatic heterocycles. The molecule has 1 fully saturated rings. The van der Waals surface area contributed by atoms with Crippen LogP contribution in [0.2, 0.25) is 0 Å². The predicted molar refractivity (Wildman–Crippen MR) is 128 cm³/mol. The number of benzene rings is 2. The fourth-order valence-electron chi connectivity index (χ4n) is 3.72. The van der Waals surface area contributed by atoms with E-state index in [1.165, 1.54) is 12.8 Å². The van der Waals surface area contributed by atoms with E-state index < -0.39 is 0 Å². The highest BCUT2D eigenvalue weighted by atomic mass is 16.5. The molecule has 0 amide bonds. The van der Waals surface area contributed by atoms with Crippen LogP contribution in [0.4, 0.5) is 11.4 Å². The van der Waals surface area contributed by atoms with Gasteiger partial charge in [-0.2, -0.15) is 0 Å². The molecule has 2 aromatic rings. The van der Waals surface area contributed by atoms with Gasteiger partial charge in [0.15, 0.2) is 0 Å². The highest BCUT2D eigenvalue weighted by Crippen LogP contribution is 2.19. The molecule has 1 saturated heterocycles. The van der Waals surface area contributed by atoms with E-state index >= 15 is 0 Å². The van der Waals surface area contributed by atoms with Gasteiger partial charge in [0, 0.05) is 44.8 Å². The van der Waals surface area contributed by atoms with E-state index in [0.717, 1.165) is 50.7 Å². The zero-order valence-corrected chi connectivity index (χ0v) is 19.1. The third-order valence-electron chi connectivity index (χ3n) is 5.24. The van der Waals surface area contributed by atoms with Crippen LogP contribution in [0.25, 0.3) is 0 Å². The Bertz CT molecular complexity index is 882. The smallest absolute Gasteiger partial charge is 0.339 e. The number of nitrogens with one attached hydrogen (secondary N) is 1. The minimum atomic E-state index is -0.352. The van der Waals surface area contributed by atoms with E-state index in [4.69, 9.17) is 9.73 Å². The van der Waals surface area contributed by atoms with Gasteiger partial charge in [-0.1, -0.05) is 30.3 Å². The Morgan fingerprint density at radius 1 is 1.00 bits per heavy atom. The molecule has 0 bridgehead atoms. The van der Waals surface area contributed by atoms with Crippen LogP contribution in [-0.4, -0.2) is 62.1 Å². The number of hydrogen-bond acceptors (Lipinski definition) is 5. The van der Waals surface area contributed by atoms with Crippen molar-refractivity contribution in [1.82, 2.24) is 4.90 Å². The Kier molecular flexibility index (Phi) is 7.69. The number of aliphatic imine (C=N–C) groups is 1. The summed E-state index contributed by atoms with van der Waals surface area (Å²) in [5.41, 5.74) is 2.32. The number of piperazine rings is 1. The van der Waals surface area contributed by atoms with E-state index in [2.05, 4.69) is 66.2 Å². The molecule has 1 heterocycles. The van der Waals surface area contributed by atoms with Crippen molar-refractivity contribution in [3.05, 3.63) is 60.2 Å². The number of methoxy groups -OCH3 is 1. The van der Waals surface area contributed by atoms with E-state index in [1.54, 1.807) is 6.07 Å². The summed E-state index contributed by atoms with van der Waals surface area (Å²) in [7, 11) is 1.40. The first-order valence-electron chi connectivity index (χ1n) is 10.9. The molecular formula is C25H34N4O2. The number of esters is 1. The first kappa shape index (κ1) is 22.8. The maximum absolute atomic E-state index is 12.1. The third kappa shape index (κ3) is 6.82. The summed E-state index contributed by atoms with van der Waals surface area (Å²) >= 11 is 0. The molecule has 0 atom stereocenters. The molecule has 0 saturated carbocycles. The molecule has 1 aliphatic rings. The average molecular weight is 423 g/mol. The number of hydrogen-bond donors (Lipinski definition) is 1. The second kappa shape index (κ2) is 10.4. The molecule has 1 N–H and O–H groups in total. The Hall–Kier alpha value is -2.86. The van der Waals surface area contributed by atoms with Gasteiger partial charge in [0.05, 0.1) is 23.9 Å². The molecule has 0 aromatic heterocycles. The third-order valence-corrected chi connectivity index (χ3v) is 5.24. The van der Waals surface area contributed by atoms with Crippen molar-refractivity contribution in [3.63, 3.8) is 0 Å². The van der Waals surface area contributed by atoms with Crippen LogP contribution in [0.3, 0.4) is 0 Å². The Morgan fingerprint density at radius 3 is 2.29 bits per heavy atom. The summed E-state index contributed by atoms with van der Waals surface area (Å²) in [6, 6.07) is 18.0. The topological polar surface area (TPSA) is 57.2 Å². The standard InChI is InChI=1S/C25H34N4O2/c1-25(2,3)27-23(26-22-13-9-8-12-21(22)24(30)31-4)14-15-28-16-18-29(19-17-28)20-10-6-5-7-11-20/h5-13H,14-19H2,1-4H3,(H,26,27). The lowest BCUT2D eigenvalue weighted by Crippen LogP contribution is -2.47. The lowest BCUT2D eigenvalue weighted by molar-refractivity contribution is 0.0602. The van der Waals surface area contributed by atoms with Gasteiger partial charge in [-0.05, 0) is 45.0 Å². The zero-order chi connectivity index (χ0) is 22.3. The van der Waals surface area contributed by atoms with E-state index in [-0.39, 0.29) is 11.5 Å². The lowest BCUT2D eigenvalue weighted by Gasteiger charge is -2.36. The summed E-state index contributed by atoms with van der Waals surface area (Å²) in [4.78, 5) is 21.9. The van der Waals surface area contributed by atoms with Crippen LogP contribution in [0.5, 0.6) is 0 Å². The van der Waals surface area contributed by atoms with Crippen LogP contribution >= 0.6 is 0 Å². The number of ether oxygens (including phenoxy) is 1. The molecule has 2 aromatic carbocycles. The van der Waals surface area contributed by atoms with Crippen molar-refractivity contribution >= 4 is 23.2 Å². The molecule has 166 valence electrons. The van der Waals surface area contributed by atoms with E-state index in [0.29, 0.717) is 5.56 Å². The van der Waals surface area contributed by atoms with Crippen molar-refractivity contribution < 1.29 is 9.53 Å². The summed E-state index contributed by atoms with van der Waals surface area (Å²) < 4.78 is 4.93. The van der Waals surface area contributed by atoms with Crippen LogP contribution in [-0.2, 0) is 4.74 Å². The highest BCUT2D eigenvalue weighted by molar-refractivity contribution is 6.03. The lowest BCUT2D eigenvalue weighted by atomic mass is 10.1. The van der Waals surface area contributed by atoms with Gasteiger partial charge in [-0.25, -0.2) is 4.79 Å². The van der Waals surface area contributed by atoms with Gasteiger partial charge < -0.3 is 15.0 Å². The molecule has 0 spiro atoms. The summed E-state index contributed by atoms with van der Waals surface area (Å²) in [5.74, 6) is 0.532. The Labute approximate surface area is 185 Å². The molecule has 6 nitrogen and oxygen atoms in total. The molecule has 0 aliphatic carbocycles. The SMILES string of the molecule is COC(=O)c1ccccc1NC(CCN1CCN(c2ccccc2)CC1)=NC(C)(C)C. The first-order valence-corrected chi connectivity index (χ1v) is 10.9. The van der Waals surface area contributed by atoms with Crippen LogP contribution in [0.1, 0.15) is 37.6 Å². The Balaban J connectivity index is 1.63. The van der Waals surface area contributed by atoms with Crippen molar-refractivity contribution in [1.29, 1.82) is 0 Å². The molecule has 0 radical (unpaired) electrons. The second-order valence-corrected chi connectivity index (χ2v) is 8.81. The fraction of sp³-hybridized carbons (Fsp3) is 0.440. The van der Waals surface area contributed by atoms with Crippen molar-refractivity contribution in [3.8, 4) is 0 Å². The zero-order valence-electron chi connectivity index (χ0n) is 19.1. The van der Waals surface area contributed by atoms with E-state index in [9.17, 15) is 4.79 Å². The Morgan fingerprint density at radius 2 is 1.65 bits per heavy atom. The summed E-state index contributed by atoms with van der Waals surface area (Å²) in [6.07, 6.45) is 0.790. The number of carbonyl (C=O) groups is 1. The van der Waals surface area contributed by atoms with Crippen LogP contribution in [0, 0.1) is 0 Å². The van der Waals surface area contributed by atoms with Crippen LogP contribution in [0.15, 0.2) is 59.6 Å². The maximum atomic E-state index is 12.1. The quantitative estimate of drug-likeness (QED) is 0.427. The number of amidine groups is 1. The second-order valence-electron chi connectivity index (χ2n) is 8.81. The number of rotatable bonds is 6. The van der Waals surface area contributed by atoms with Crippen molar-refractivity contribution in [2.75, 3.05) is 50.1 Å². The monoisotopic (exact) mass is 422 g/mol. The minimum absolute atomic E-state index is 0.214. The van der Waals surface area contributed by atoms with Gasteiger partial charge in [0.25, 0.3) is 0 Å². The number of anilines is 2. The van der Waals surface area contributed by atoms with Gasteiger partial charge in [0.1, 0.15) is 5.84 Å². The predicted octanol–water partition coefficient (Wildman–Crippen LogP) is 4.29. The summed E-state index contributed by atoms with van der Waals surface area (Å²) in [6.45, 7) is 11.3. The highest BCUT2D eigenvalue weighted by Gasteiger charge is 2.19. The molecule has 31 heavy (non-hydrogen) atoms. The summed E-state index contributed by atoms with van der Waals surface area (Å²) in [5, 5.41) is 3.41. The molecular weight excluding hydrogens is 388 g/mol. The number of para-hydroxylation sites is 2.